The van der Waals surface area contributed by atoms with Crippen molar-refractivity contribution in [3.8, 4) is 0 Å². The minimum absolute atomic E-state index is 0.0427. The van der Waals surface area contributed by atoms with E-state index >= 15 is 0 Å². The molecule has 1 aromatic rings. The first-order chi connectivity index (χ1) is 15.7. The Labute approximate surface area is 186 Å². The topological polar surface area (TPSA) is 103 Å². The zero-order chi connectivity index (χ0) is 23.7. The maximum atomic E-state index is 15.0. The fourth-order valence-corrected chi connectivity index (χ4v) is 4.07. The third-order valence-corrected chi connectivity index (χ3v) is 5.74. The predicted molar refractivity (Wildman–Crippen MR) is 108 cm³/mol. The van der Waals surface area contributed by atoms with E-state index in [0.29, 0.717) is 13.1 Å². The van der Waals surface area contributed by atoms with Crippen molar-refractivity contribution in [1.29, 1.82) is 0 Å². The summed E-state index contributed by atoms with van der Waals surface area (Å²) in [6.45, 7) is 0.808. The number of hydrazine groups is 1. The molecule has 0 saturated carbocycles. The Hall–Kier alpha value is -3.51. The minimum atomic E-state index is -3.17. The van der Waals surface area contributed by atoms with Crippen molar-refractivity contribution < 1.29 is 37.1 Å². The molecule has 33 heavy (non-hydrogen) atoms. The molecule has 1 aromatic carbocycles. The number of anilines is 2. The van der Waals surface area contributed by atoms with Gasteiger partial charge in [-0.25, -0.2) is 19.2 Å². The zero-order valence-corrected chi connectivity index (χ0v) is 17.5. The lowest BCUT2D eigenvalue weighted by molar-refractivity contribution is -0.169. The summed E-state index contributed by atoms with van der Waals surface area (Å²) in [5.74, 6) is -2.35. The third-order valence-electron chi connectivity index (χ3n) is 5.74. The van der Waals surface area contributed by atoms with Gasteiger partial charge in [-0.05, 0) is 18.2 Å². The number of carbonyl (C=O) groups is 4. The van der Waals surface area contributed by atoms with Crippen LogP contribution in [0.3, 0.4) is 0 Å². The molecule has 1 atom stereocenters. The molecule has 0 aliphatic carbocycles. The Morgan fingerprint density at radius 3 is 2.27 bits per heavy atom. The van der Waals surface area contributed by atoms with Gasteiger partial charge >= 0.3 is 12.5 Å². The van der Waals surface area contributed by atoms with Crippen LogP contribution < -0.4 is 15.1 Å². The van der Waals surface area contributed by atoms with Crippen molar-refractivity contribution >= 4 is 35.2 Å². The first-order valence-corrected chi connectivity index (χ1v) is 10.4. The highest BCUT2D eigenvalue weighted by Gasteiger charge is 2.35. The van der Waals surface area contributed by atoms with E-state index < -0.39 is 30.3 Å². The van der Waals surface area contributed by atoms with Crippen LogP contribution in [0.5, 0.6) is 0 Å². The van der Waals surface area contributed by atoms with Crippen LogP contribution in [0.15, 0.2) is 18.2 Å². The van der Waals surface area contributed by atoms with Gasteiger partial charge in [-0.1, -0.05) is 0 Å². The summed E-state index contributed by atoms with van der Waals surface area (Å²) in [5.41, 5.74) is 0.471. The van der Waals surface area contributed by atoms with Gasteiger partial charge in [-0.2, -0.15) is 8.78 Å². The van der Waals surface area contributed by atoms with Gasteiger partial charge in [0.25, 0.3) is 5.91 Å². The van der Waals surface area contributed by atoms with Crippen molar-refractivity contribution in [3.63, 3.8) is 0 Å². The van der Waals surface area contributed by atoms with E-state index in [9.17, 15) is 32.3 Å². The summed E-state index contributed by atoms with van der Waals surface area (Å²) >= 11 is 0. The number of fused-ring (bicyclic) bond motifs is 1. The largest absolute Gasteiger partial charge is 0.442 e. The highest BCUT2D eigenvalue weighted by Crippen LogP contribution is 2.29. The second kappa shape index (κ2) is 9.16. The Bertz CT molecular complexity index is 951. The van der Waals surface area contributed by atoms with E-state index in [1.54, 1.807) is 4.90 Å². The van der Waals surface area contributed by atoms with Gasteiger partial charge in [0.15, 0.2) is 0 Å². The lowest BCUT2D eigenvalue weighted by Gasteiger charge is -2.36. The van der Waals surface area contributed by atoms with Crippen molar-refractivity contribution in [2.45, 2.75) is 25.4 Å². The predicted octanol–water partition coefficient (Wildman–Crippen LogP) is 0.718. The Morgan fingerprint density at radius 2 is 1.70 bits per heavy atom. The molecule has 178 valence electrons. The average molecular weight is 469 g/mol. The molecule has 3 fully saturated rings. The normalized spacial score (nSPS) is 21.3. The number of ether oxygens (including phenoxy) is 1. The van der Waals surface area contributed by atoms with E-state index in [4.69, 9.17) is 4.74 Å². The molecule has 10 nitrogen and oxygen atoms in total. The summed E-state index contributed by atoms with van der Waals surface area (Å²) in [6, 6.07) is 4.17. The van der Waals surface area contributed by atoms with E-state index in [2.05, 4.69) is 0 Å². The van der Waals surface area contributed by atoms with Gasteiger partial charge in [-0.15, -0.1) is 0 Å². The first kappa shape index (κ1) is 22.7. The van der Waals surface area contributed by atoms with E-state index in [1.807, 2.05) is 5.32 Å². The summed E-state index contributed by atoms with van der Waals surface area (Å²) in [7, 11) is 0. The highest BCUT2D eigenvalue weighted by molar-refractivity contribution is 5.90. The second-order valence-electron chi connectivity index (χ2n) is 7.82. The number of cyclic esters (lactones) is 1. The number of halogens is 3. The minimum Gasteiger partial charge on any atom is -0.442 e. The molecule has 3 heterocycles. The fourth-order valence-electron chi connectivity index (χ4n) is 4.07. The van der Waals surface area contributed by atoms with Crippen molar-refractivity contribution in [1.82, 2.24) is 15.3 Å². The quantitative estimate of drug-likeness (QED) is 0.682. The molecule has 0 aromatic heterocycles. The molecule has 3 aliphatic heterocycles. The smallest absolute Gasteiger partial charge is 0.414 e. The van der Waals surface area contributed by atoms with Crippen LogP contribution in [0, 0.1) is 5.82 Å². The number of hydrogen-bond donors (Lipinski definition) is 1. The van der Waals surface area contributed by atoms with Gasteiger partial charge in [0.2, 0.25) is 11.8 Å². The monoisotopic (exact) mass is 469 g/mol. The molecular formula is C20H22F3N5O5. The number of nitrogens with one attached hydrogen (secondary N) is 1. The van der Waals surface area contributed by atoms with Crippen LogP contribution in [0.25, 0.3) is 0 Å². The van der Waals surface area contributed by atoms with Crippen LogP contribution in [0.4, 0.5) is 29.3 Å². The summed E-state index contributed by atoms with van der Waals surface area (Å²) < 4.78 is 44.6. The summed E-state index contributed by atoms with van der Waals surface area (Å²) in [5, 5.41) is 4.80. The molecule has 13 heteroatoms. The van der Waals surface area contributed by atoms with Crippen LogP contribution in [0.2, 0.25) is 0 Å². The third kappa shape index (κ3) is 4.66. The maximum absolute atomic E-state index is 15.0. The molecule has 3 saturated heterocycles. The second-order valence-corrected chi connectivity index (χ2v) is 7.82. The average Bonchev–Trinajstić information content (AvgIpc) is 3.00. The summed E-state index contributed by atoms with van der Waals surface area (Å²) in [4.78, 5) is 50.3. The number of amides is 4. The standard InChI is InChI=1S/C20H22F3N5O5/c21-14-9-12(26-11-13(33-20(26)32)10-24-19(31)18(22)23)1-2-15(14)25-5-7-27-16(29)3-4-17(30)28(27)8-6-25/h1-2,9,13,18H,3-8,10-11H2,(H,24,31)/t13-/m0/s1. The number of carbonyl (C=O) groups excluding carboxylic acids is 4. The summed E-state index contributed by atoms with van der Waals surface area (Å²) in [6.07, 6.45) is -4.48. The van der Waals surface area contributed by atoms with Gasteiger partial charge in [-0.3, -0.25) is 19.3 Å². The molecule has 0 spiro atoms. The molecular weight excluding hydrogens is 447 g/mol. The van der Waals surface area contributed by atoms with Gasteiger partial charge in [0.1, 0.15) is 11.9 Å². The zero-order valence-electron chi connectivity index (χ0n) is 17.5. The van der Waals surface area contributed by atoms with E-state index in [1.165, 1.54) is 22.2 Å². The van der Waals surface area contributed by atoms with Gasteiger partial charge in [0.05, 0.1) is 37.6 Å². The number of alkyl halides is 2. The number of benzene rings is 1. The lowest BCUT2D eigenvalue weighted by atomic mass is 10.2. The van der Waals surface area contributed by atoms with Crippen LogP contribution >= 0.6 is 0 Å². The van der Waals surface area contributed by atoms with Crippen LogP contribution in [0.1, 0.15) is 12.8 Å². The highest BCUT2D eigenvalue weighted by atomic mass is 19.3. The Morgan fingerprint density at radius 1 is 1.06 bits per heavy atom. The lowest BCUT2D eigenvalue weighted by Crippen LogP contribution is -2.53. The van der Waals surface area contributed by atoms with Crippen molar-refractivity contribution in [3.05, 3.63) is 24.0 Å². The van der Waals surface area contributed by atoms with Gasteiger partial charge in [0, 0.05) is 25.9 Å². The van der Waals surface area contributed by atoms with E-state index in [-0.39, 0.29) is 62.2 Å². The maximum Gasteiger partial charge on any atom is 0.414 e. The Balaban J connectivity index is 1.42. The molecule has 0 bridgehead atoms. The van der Waals surface area contributed by atoms with Crippen molar-refractivity contribution in [2.24, 2.45) is 0 Å². The number of hydrogen-bond acceptors (Lipinski definition) is 6. The molecule has 0 unspecified atom stereocenters. The Kier molecular flexibility index (Phi) is 6.29. The molecule has 4 amide bonds. The SMILES string of the molecule is O=C(NC[C@H]1CN(c2ccc(N3CCN4C(=O)CCC(=O)N4CC3)c(F)c2)C(=O)O1)C(F)F. The van der Waals surface area contributed by atoms with Crippen LogP contribution in [-0.2, 0) is 19.1 Å². The fraction of sp³-hybridized carbons (Fsp3) is 0.500. The molecule has 0 radical (unpaired) electrons. The van der Waals surface area contributed by atoms with E-state index in [0.717, 1.165) is 11.0 Å². The van der Waals surface area contributed by atoms with Crippen LogP contribution in [-0.4, -0.2) is 85.6 Å². The first-order valence-electron chi connectivity index (χ1n) is 10.4. The van der Waals surface area contributed by atoms with Crippen molar-refractivity contribution in [2.75, 3.05) is 49.1 Å². The number of rotatable bonds is 5. The van der Waals surface area contributed by atoms with Gasteiger partial charge < -0.3 is 15.0 Å². The molecule has 4 rings (SSSR count). The molecule has 3 aliphatic rings. The molecule has 1 N–H and O–H groups in total. The number of nitrogens with zero attached hydrogens (tertiary/aromatic N) is 4.